The molecule has 0 heterocycles. The molecule has 6 heteroatoms. The maximum absolute atomic E-state index is 13.3. The van der Waals surface area contributed by atoms with Crippen LogP contribution in [0, 0.1) is 0 Å². The van der Waals surface area contributed by atoms with E-state index < -0.39 is 18.2 Å². The number of carbonyl (C=O) groups is 2. The first-order valence-corrected chi connectivity index (χ1v) is 31.1. The van der Waals surface area contributed by atoms with E-state index in [9.17, 15) is 19.8 Å². The summed E-state index contributed by atoms with van der Waals surface area (Å²) in [5.41, 5.74) is 0. The molecule has 6 nitrogen and oxygen atoms in total. The molecular formula is C63H121NO5. The molecule has 0 rings (SSSR count). The molecule has 0 saturated heterocycles. The molecule has 3 N–H and O–H groups in total. The summed E-state index contributed by atoms with van der Waals surface area (Å²) >= 11 is 0. The van der Waals surface area contributed by atoms with Crippen LogP contribution in [0.5, 0.6) is 0 Å². The Labute approximate surface area is 431 Å². The van der Waals surface area contributed by atoms with Crippen LogP contribution in [0.3, 0.4) is 0 Å². The SMILES string of the molecule is CCCCC/C=C\C/C=C\CCCCCCCC(CC(=O)NC(CO)C(O)CCCCCCCCCCCCCCCCCC)OC(=O)CCCCCCCCCCCCCCCCCCCCC. The molecule has 0 spiro atoms. The van der Waals surface area contributed by atoms with Gasteiger partial charge >= 0.3 is 5.97 Å². The first-order chi connectivity index (χ1) is 34.0. The number of nitrogens with one attached hydrogen (secondary N) is 1. The molecule has 0 aliphatic heterocycles. The van der Waals surface area contributed by atoms with Crippen molar-refractivity contribution in [1.82, 2.24) is 5.32 Å². The van der Waals surface area contributed by atoms with Gasteiger partial charge in [-0.3, -0.25) is 9.59 Å². The van der Waals surface area contributed by atoms with Crippen molar-refractivity contribution in [3.63, 3.8) is 0 Å². The van der Waals surface area contributed by atoms with E-state index in [1.54, 1.807) is 0 Å². The Bertz CT molecular complexity index is 1090. The molecule has 408 valence electrons. The molecule has 0 aromatic heterocycles. The third-order valence-electron chi connectivity index (χ3n) is 14.5. The monoisotopic (exact) mass is 972 g/mol. The van der Waals surface area contributed by atoms with Crippen LogP contribution in [0.25, 0.3) is 0 Å². The van der Waals surface area contributed by atoms with Crippen LogP contribution in [0.15, 0.2) is 24.3 Å². The van der Waals surface area contributed by atoms with Crippen LogP contribution in [0.2, 0.25) is 0 Å². The molecule has 69 heavy (non-hydrogen) atoms. The highest BCUT2D eigenvalue weighted by atomic mass is 16.5. The van der Waals surface area contributed by atoms with E-state index in [2.05, 4.69) is 50.4 Å². The summed E-state index contributed by atoms with van der Waals surface area (Å²) in [5.74, 6) is -0.464. The fraction of sp³-hybridized carbons (Fsp3) is 0.905. The Morgan fingerprint density at radius 3 is 1.13 bits per heavy atom. The summed E-state index contributed by atoms with van der Waals surface area (Å²) in [7, 11) is 0. The molecule has 3 unspecified atom stereocenters. The zero-order valence-corrected chi connectivity index (χ0v) is 46.7. The fourth-order valence-corrected chi connectivity index (χ4v) is 9.82. The zero-order valence-electron chi connectivity index (χ0n) is 46.7. The summed E-state index contributed by atoms with van der Waals surface area (Å²) in [6, 6.07) is -0.703. The second-order valence-electron chi connectivity index (χ2n) is 21.5. The molecular weight excluding hydrogens is 851 g/mol. The molecule has 0 aliphatic rings. The van der Waals surface area contributed by atoms with Gasteiger partial charge in [0.15, 0.2) is 0 Å². The van der Waals surface area contributed by atoms with E-state index in [1.165, 1.54) is 231 Å². The van der Waals surface area contributed by atoms with Crippen LogP contribution in [-0.4, -0.2) is 46.9 Å². The van der Waals surface area contributed by atoms with Crippen LogP contribution < -0.4 is 5.32 Å². The third-order valence-corrected chi connectivity index (χ3v) is 14.5. The first-order valence-electron chi connectivity index (χ1n) is 31.1. The predicted octanol–water partition coefficient (Wildman–Crippen LogP) is 19.4. The molecule has 0 bridgehead atoms. The number of aliphatic hydroxyl groups excluding tert-OH is 2. The Morgan fingerprint density at radius 1 is 0.420 bits per heavy atom. The molecule has 0 aromatic carbocycles. The highest BCUT2D eigenvalue weighted by Crippen LogP contribution is 2.19. The van der Waals surface area contributed by atoms with Gasteiger partial charge in [0.1, 0.15) is 6.10 Å². The minimum atomic E-state index is -0.789. The van der Waals surface area contributed by atoms with E-state index in [1.807, 2.05) is 0 Å². The van der Waals surface area contributed by atoms with Crippen molar-refractivity contribution >= 4 is 11.9 Å². The lowest BCUT2D eigenvalue weighted by Crippen LogP contribution is -2.46. The van der Waals surface area contributed by atoms with E-state index in [4.69, 9.17) is 4.74 Å². The quantitative estimate of drug-likeness (QED) is 0.0321. The molecule has 0 saturated carbocycles. The lowest BCUT2D eigenvalue weighted by molar-refractivity contribution is -0.151. The Morgan fingerprint density at radius 2 is 0.739 bits per heavy atom. The molecule has 0 radical (unpaired) electrons. The lowest BCUT2D eigenvalue weighted by Gasteiger charge is -2.24. The Hall–Kier alpha value is -1.66. The second kappa shape index (κ2) is 57.2. The number of allylic oxidation sites excluding steroid dienone is 4. The average molecular weight is 973 g/mol. The van der Waals surface area contributed by atoms with Crippen LogP contribution in [-0.2, 0) is 14.3 Å². The van der Waals surface area contributed by atoms with Crippen molar-refractivity contribution in [1.29, 1.82) is 0 Å². The first kappa shape index (κ1) is 67.3. The van der Waals surface area contributed by atoms with Crippen LogP contribution >= 0.6 is 0 Å². The highest BCUT2D eigenvalue weighted by Gasteiger charge is 2.24. The highest BCUT2D eigenvalue weighted by molar-refractivity contribution is 5.77. The topological polar surface area (TPSA) is 95.9 Å². The summed E-state index contributed by atoms with van der Waals surface area (Å²) < 4.78 is 5.98. The van der Waals surface area contributed by atoms with Gasteiger partial charge in [-0.2, -0.15) is 0 Å². The third kappa shape index (κ3) is 52.5. The molecule has 0 aliphatic carbocycles. The fourth-order valence-electron chi connectivity index (χ4n) is 9.82. The second-order valence-corrected chi connectivity index (χ2v) is 21.5. The van der Waals surface area contributed by atoms with Crippen molar-refractivity contribution in [2.24, 2.45) is 0 Å². The maximum Gasteiger partial charge on any atom is 0.306 e. The summed E-state index contributed by atoms with van der Waals surface area (Å²) in [6.45, 7) is 6.51. The molecule has 3 atom stereocenters. The van der Waals surface area contributed by atoms with E-state index in [0.29, 0.717) is 19.3 Å². The van der Waals surface area contributed by atoms with Crippen molar-refractivity contribution in [2.45, 2.75) is 360 Å². The lowest BCUT2D eigenvalue weighted by atomic mass is 10.0. The standard InChI is InChI=1S/C63H121NO5/c1-4-7-10-13-16-19-22-25-28-30-31-32-35-38-41-44-47-50-53-56-63(68)69-59(54-51-48-45-42-39-36-33-27-24-21-18-15-12-9-6-3)57-62(67)64-60(58-65)61(66)55-52-49-46-43-40-37-34-29-26-23-20-17-14-11-8-5-2/h18,21,27,33,59-61,65-66H,4-17,19-20,22-26,28-32,34-58H2,1-3H3,(H,64,67)/b21-18-,33-27-. The van der Waals surface area contributed by atoms with Crippen molar-refractivity contribution in [3.8, 4) is 0 Å². The van der Waals surface area contributed by atoms with Gasteiger partial charge in [-0.05, 0) is 57.8 Å². The minimum absolute atomic E-state index is 0.0745. The number of carbonyl (C=O) groups excluding carboxylic acids is 2. The number of aliphatic hydroxyl groups is 2. The summed E-state index contributed by atoms with van der Waals surface area (Å²) in [6.07, 6.45) is 68.2. The predicted molar refractivity (Wildman–Crippen MR) is 301 cm³/mol. The molecule has 0 aromatic rings. The minimum Gasteiger partial charge on any atom is -0.462 e. The van der Waals surface area contributed by atoms with Crippen LogP contribution in [0.1, 0.15) is 342 Å². The van der Waals surface area contributed by atoms with E-state index in [-0.39, 0.29) is 24.9 Å². The normalized spacial score (nSPS) is 13.2. The smallest absolute Gasteiger partial charge is 0.306 e. The number of amides is 1. The summed E-state index contributed by atoms with van der Waals surface area (Å²) in [4.78, 5) is 26.3. The average Bonchev–Trinajstić information content (AvgIpc) is 3.34. The van der Waals surface area contributed by atoms with E-state index in [0.717, 1.165) is 64.2 Å². The maximum atomic E-state index is 13.3. The number of rotatable bonds is 57. The molecule has 1 amide bonds. The number of esters is 1. The Balaban J connectivity index is 4.49. The van der Waals surface area contributed by atoms with Gasteiger partial charge in [-0.1, -0.05) is 295 Å². The van der Waals surface area contributed by atoms with Crippen LogP contribution in [0.4, 0.5) is 0 Å². The largest absolute Gasteiger partial charge is 0.462 e. The van der Waals surface area contributed by atoms with Crippen molar-refractivity contribution in [3.05, 3.63) is 24.3 Å². The number of unbranched alkanes of at least 4 members (excludes halogenated alkanes) is 41. The van der Waals surface area contributed by atoms with Gasteiger partial charge in [-0.15, -0.1) is 0 Å². The van der Waals surface area contributed by atoms with Gasteiger partial charge < -0.3 is 20.3 Å². The van der Waals surface area contributed by atoms with Crippen molar-refractivity contribution < 1.29 is 24.5 Å². The Kier molecular flexibility index (Phi) is 55.9. The van der Waals surface area contributed by atoms with Crippen molar-refractivity contribution in [2.75, 3.05) is 6.61 Å². The van der Waals surface area contributed by atoms with Gasteiger partial charge in [-0.25, -0.2) is 0 Å². The van der Waals surface area contributed by atoms with E-state index >= 15 is 0 Å². The van der Waals surface area contributed by atoms with Gasteiger partial charge in [0, 0.05) is 6.42 Å². The summed E-state index contributed by atoms with van der Waals surface area (Å²) in [5, 5.41) is 23.9. The number of hydrogen-bond acceptors (Lipinski definition) is 5. The molecule has 0 fully saturated rings. The number of ether oxygens (including phenoxy) is 1. The number of hydrogen-bond donors (Lipinski definition) is 3. The zero-order chi connectivity index (χ0) is 50.2. The van der Waals surface area contributed by atoms with Gasteiger partial charge in [0.25, 0.3) is 0 Å². The van der Waals surface area contributed by atoms with Gasteiger partial charge in [0.2, 0.25) is 5.91 Å². The van der Waals surface area contributed by atoms with Gasteiger partial charge in [0.05, 0.1) is 25.2 Å².